The third-order valence-corrected chi connectivity index (χ3v) is 5.84. The van der Waals surface area contributed by atoms with Crippen LogP contribution in [0.25, 0.3) is 0 Å². The Kier molecular flexibility index (Phi) is 8.66. The highest BCUT2D eigenvalue weighted by Gasteiger charge is 2.34. The lowest BCUT2D eigenvalue weighted by Crippen LogP contribution is -2.51. The summed E-state index contributed by atoms with van der Waals surface area (Å²) in [6.45, 7) is 6.70. The van der Waals surface area contributed by atoms with E-state index in [-0.39, 0.29) is 12.5 Å². The number of rotatable bonds is 9. The van der Waals surface area contributed by atoms with Crippen molar-refractivity contribution in [1.29, 1.82) is 0 Å². The largest absolute Gasteiger partial charge is 0.351 e. The van der Waals surface area contributed by atoms with E-state index in [1.54, 1.807) is 11.0 Å². The highest BCUT2D eigenvalue weighted by Crippen LogP contribution is 2.29. The normalized spacial score (nSPS) is 15.1. The number of para-hydroxylation sites is 1. The van der Waals surface area contributed by atoms with Crippen molar-refractivity contribution in [3.63, 3.8) is 0 Å². The summed E-state index contributed by atoms with van der Waals surface area (Å²) in [6.07, 6.45) is -1.80. The molecule has 3 amide bonds. The Labute approximate surface area is 217 Å². The average molecular weight is 501 g/mol. The van der Waals surface area contributed by atoms with Gasteiger partial charge >= 0.3 is 6.03 Å². The summed E-state index contributed by atoms with van der Waals surface area (Å²) in [4.78, 5) is 33.3. The van der Waals surface area contributed by atoms with Gasteiger partial charge in [0.05, 0.1) is 17.9 Å². The third kappa shape index (κ3) is 6.41. The molecule has 3 aromatic rings. The zero-order valence-corrected chi connectivity index (χ0v) is 21.3. The number of nitrogens with zero attached hydrogens (tertiary/aromatic N) is 2. The highest BCUT2D eigenvalue weighted by atomic mass is 16.7. The number of fused-ring (bicyclic) bond motifs is 1. The molecule has 1 unspecified atom stereocenters. The van der Waals surface area contributed by atoms with Crippen LogP contribution in [0, 0.1) is 6.92 Å². The number of benzodiazepines with no additional fused rings is 1. The summed E-state index contributed by atoms with van der Waals surface area (Å²) >= 11 is 0. The van der Waals surface area contributed by atoms with E-state index in [1.165, 1.54) is 0 Å². The first-order valence-electron chi connectivity index (χ1n) is 12.4. The van der Waals surface area contributed by atoms with E-state index in [0.29, 0.717) is 30.3 Å². The minimum Gasteiger partial charge on any atom is -0.351 e. The Morgan fingerprint density at radius 3 is 2.38 bits per heavy atom. The molecule has 0 fully saturated rings. The van der Waals surface area contributed by atoms with Crippen molar-refractivity contribution in [2.75, 3.05) is 30.0 Å². The number of aliphatic imine (C=N–C) groups is 1. The van der Waals surface area contributed by atoms with Crippen molar-refractivity contribution >= 4 is 29.0 Å². The van der Waals surface area contributed by atoms with Crippen molar-refractivity contribution in [2.24, 2.45) is 4.99 Å². The monoisotopic (exact) mass is 500 g/mol. The van der Waals surface area contributed by atoms with Crippen LogP contribution in [0.4, 0.5) is 16.2 Å². The van der Waals surface area contributed by atoms with Crippen LogP contribution >= 0.6 is 0 Å². The molecule has 4 rings (SSSR count). The molecule has 192 valence electrons. The van der Waals surface area contributed by atoms with E-state index in [0.717, 1.165) is 16.7 Å². The number of anilines is 2. The molecule has 0 aromatic heterocycles. The van der Waals surface area contributed by atoms with Gasteiger partial charge in [-0.1, -0.05) is 60.7 Å². The third-order valence-electron chi connectivity index (χ3n) is 5.84. The van der Waals surface area contributed by atoms with E-state index >= 15 is 0 Å². The fourth-order valence-electron chi connectivity index (χ4n) is 4.23. The number of hydrogen-bond acceptors (Lipinski definition) is 5. The summed E-state index contributed by atoms with van der Waals surface area (Å²) in [5.41, 5.74) is 4.52. The summed E-state index contributed by atoms with van der Waals surface area (Å²) < 4.78 is 11.5. The second kappa shape index (κ2) is 12.3. The molecule has 1 aliphatic heterocycles. The van der Waals surface area contributed by atoms with Gasteiger partial charge in [0.15, 0.2) is 6.29 Å². The summed E-state index contributed by atoms with van der Waals surface area (Å²) in [5, 5.41) is 5.57. The molecule has 8 nitrogen and oxygen atoms in total. The fraction of sp³-hybridized carbons (Fsp3) is 0.276. The first-order valence-corrected chi connectivity index (χ1v) is 12.4. The molecular weight excluding hydrogens is 468 g/mol. The summed E-state index contributed by atoms with van der Waals surface area (Å²) in [5.74, 6) is -0.387. The minimum absolute atomic E-state index is 0.146. The van der Waals surface area contributed by atoms with Gasteiger partial charge in [-0.15, -0.1) is 0 Å². The molecule has 0 saturated heterocycles. The topological polar surface area (TPSA) is 92.3 Å². The number of amides is 3. The Hall–Kier alpha value is -4.01. The number of aryl methyl sites for hydroxylation is 1. The number of ether oxygens (including phenoxy) is 2. The second-order valence-electron chi connectivity index (χ2n) is 8.52. The SMILES string of the molecule is CCOC(CN1C(=O)C(NC(=O)Nc2cccc(C)c2)N=C(c2ccccc2)c2ccccc21)OCC. The molecule has 1 atom stereocenters. The van der Waals surface area contributed by atoms with Crippen LogP contribution in [0.15, 0.2) is 83.9 Å². The molecule has 1 heterocycles. The van der Waals surface area contributed by atoms with Crippen LogP contribution in [0.5, 0.6) is 0 Å². The Balaban J connectivity index is 1.73. The van der Waals surface area contributed by atoms with E-state index in [9.17, 15) is 9.59 Å². The van der Waals surface area contributed by atoms with E-state index in [1.807, 2.05) is 93.6 Å². The molecule has 0 spiro atoms. The molecule has 0 saturated carbocycles. The van der Waals surface area contributed by atoms with E-state index in [4.69, 9.17) is 14.5 Å². The Bertz CT molecular complexity index is 1260. The van der Waals surface area contributed by atoms with Crippen LogP contribution in [0.2, 0.25) is 0 Å². The van der Waals surface area contributed by atoms with Crippen LogP contribution < -0.4 is 15.5 Å². The zero-order chi connectivity index (χ0) is 26.2. The number of hydrogen-bond donors (Lipinski definition) is 2. The van der Waals surface area contributed by atoms with Gasteiger partial charge in [0.1, 0.15) is 0 Å². The van der Waals surface area contributed by atoms with Crippen LogP contribution in [0.3, 0.4) is 0 Å². The smallest absolute Gasteiger partial charge is 0.321 e. The number of urea groups is 1. The molecular formula is C29H32N4O4. The zero-order valence-electron chi connectivity index (χ0n) is 21.3. The number of benzene rings is 3. The lowest BCUT2D eigenvalue weighted by atomic mass is 10.0. The van der Waals surface area contributed by atoms with Crippen LogP contribution in [-0.4, -0.2) is 49.9 Å². The second-order valence-corrected chi connectivity index (χ2v) is 8.52. The quantitative estimate of drug-likeness (QED) is 0.416. The maximum absolute atomic E-state index is 13.9. The molecule has 3 aromatic carbocycles. The summed E-state index contributed by atoms with van der Waals surface area (Å²) in [7, 11) is 0. The van der Waals surface area contributed by atoms with Gasteiger partial charge in [-0.2, -0.15) is 0 Å². The van der Waals surface area contributed by atoms with Crippen LogP contribution in [-0.2, 0) is 14.3 Å². The maximum atomic E-state index is 13.9. The van der Waals surface area contributed by atoms with Crippen molar-refractivity contribution in [2.45, 2.75) is 33.2 Å². The molecule has 8 heteroatoms. The average Bonchev–Trinajstić information content (AvgIpc) is 3.00. The molecule has 0 radical (unpaired) electrons. The van der Waals surface area contributed by atoms with Crippen molar-refractivity contribution in [3.8, 4) is 0 Å². The Morgan fingerprint density at radius 2 is 1.68 bits per heavy atom. The Morgan fingerprint density at radius 1 is 0.973 bits per heavy atom. The van der Waals surface area contributed by atoms with Gasteiger partial charge in [0, 0.05) is 30.0 Å². The lowest BCUT2D eigenvalue weighted by molar-refractivity contribution is -0.136. The minimum atomic E-state index is -1.17. The van der Waals surface area contributed by atoms with Gasteiger partial charge in [-0.05, 0) is 44.5 Å². The van der Waals surface area contributed by atoms with Gasteiger partial charge in [-0.25, -0.2) is 9.79 Å². The van der Waals surface area contributed by atoms with Gasteiger partial charge in [-0.3, -0.25) is 4.79 Å². The van der Waals surface area contributed by atoms with E-state index in [2.05, 4.69) is 10.6 Å². The van der Waals surface area contributed by atoms with Gasteiger partial charge < -0.3 is 25.0 Å². The molecule has 37 heavy (non-hydrogen) atoms. The molecule has 0 aliphatic carbocycles. The molecule has 0 bridgehead atoms. The number of nitrogens with one attached hydrogen (secondary N) is 2. The highest BCUT2D eigenvalue weighted by molar-refractivity contribution is 6.20. The molecule has 2 N–H and O–H groups in total. The lowest BCUT2D eigenvalue weighted by Gasteiger charge is -2.29. The molecule has 1 aliphatic rings. The predicted octanol–water partition coefficient (Wildman–Crippen LogP) is 4.73. The first-order chi connectivity index (χ1) is 18.0. The van der Waals surface area contributed by atoms with Crippen molar-refractivity contribution in [3.05, 3.63) is 95.6 Å². The van der Waals surface area contributed by atoms with Crippen molar-refractivity contribution in [1.82, 2.24) is 5.32 Å². The number of carbonyl (C=O) groups excluding carboxylic acids is 2. The van der Waals surface area contributed by atoms with Crippen LogP contribution in [0.1, 0.15) is 30.5 Å². The summed E-state index contributed by atoms with van der Waals surface area (Å²) in [6, 6.07) is 24.1. The fourth-order valence-corrected chi connectivity index (χ4v) is 4.23. The van der Waals surface area contributed by atoms with Gasteiger partial charge in [0.25, 0.3) is 5.91 Å². The van der Waals surface area contributed by atoms with Gasteiger partial charge in [0.2, 0.25) is 6.17 Å². The number of carbonyl (C=O) groups is 2. The maximum Gasteiger partial charge on any atom is 0.321 e. The van der Waals surface area contributed by atoms with Crippen molar-refractivity contribution < 1.29 is 19.1 Å². The standard InChI is InChI=1S/C29H32N4O4/c1-4-36-25(37-5-2)19-33-24-17-10-9-16-23(24)26(21-13-7-6-8-14-21)31-27(28(33)34)32-29(35)30-22-15-11-12-20(3)18-22/h6-18,25,27H,4-5,19H2,1-3H3,(H2,30,32,35). The van der Waals surface area contributed by atoms with E-state index < -0.39 is 18.5 Å². The predicted molar refractivity (Wildman–Crippen MR) is 145 cm³/mol. The first kappa shape index (κ1) is 26.1.